The van der Waals surface area contributed by atoms with Gasteiger partial charge in [0.25, 0.3) is 5.91 Å². The van der Waals surface area contributed by atoms with E-state index in [-0.39, 0.29) is 17.0 Å². The monoisotopic (exact) mass is 343 g/mol. The number of carboxylic acid groups (broad SMARTS) is 1. The Morgan fingerprint density at radius 2 is 2.36 bits per heavy atom. The number of β-lactam (4-membered cyclic amide) rings is 1. The Kier molecular flexibility index (Phi) is 4.10. The Bertz CT molecular complexity index is 661. The molecule has 1 aromatic rings. The molecule has 0 aliphatic carbocycles. The van der Waals surface area contributed by atoms with Gasteiger partial charge in [0.15, 0.2) is 6.10 Å². The molecule has 9 nitrogen and oxygen atoms in total. The van der Waals surface area contributed by atoms with Crippen LogP contribution in [0.4, 0.5) is 0 Å². The van der Waals surface area contributed by atoms with Crippen LogP contribution in [0.25, 0.3) is 0 Å². The van der Waals surface area contributed by atoms with Gasteiger partial charge in [0, 0.05) is 25.7 Å². The van der Waals surface area contributed by atoms with E-state index in [2.05, 4.69) is 15.5 Å². The first kappa shape index (κ1) is 15.3. The second kappa shape index (κ2) is 5.89. The van der Waals surface area contributed by atoms with Crippen LogP contribution in [0.15, 0.2) is 16.4 Å². The lowest BCUT2D eigenvalue weighted by molar-refractivity contribution is -0.162. The molecule has 11 heteroatoms. The number of hydrogen-bond acceptors (Lipinski definition) is 8. The Labute approximate surface area is 134 Å². The molecule has 3 heterocycles. The summed E-state index contributed by atoms with van der Waals surface area (Å²) in [7, 11) is 3.17. The minimum absolute atomic E-state index is 0.0599. The van der Waals surface area contributed by atoms with Gasteiger partial charge in [-0.15, -0.1) is 16.9 Å². The number of hydrogen-bond donors (Lipinski definition) is 1. The Balaban J connectivity index is 1.82. The number of methoxy groups -OCH3 is 1. The van der Waals surface area contributed by atoms with E-state index in [1.165, 1.54) is 40.2 Å². The summed E-state index contributed by atoms with van der Waals surface area (Å²) >= 11 is 2.85. The van der Waals surface area contributed by atoms with Gasteiger partial charge >= 0.3 is 5.97 Å². The molecule has 0 aromatic carbocycles. The summed E-state index contributed by atoms with van der Waals surface area (Å²) < 4.78 is 6.62. The number of carboxylic acids is 1. The summed E-state index contributed by atoms with van der Waals surface area (Å²) in [6.07, 6.45) is -0.559. The van der Waals surface area contributed by atoms with Crippen molar-refractivity contribution < 1.29 is 19.4 Å². The fourth-order valence-electron chi connectivity index (χ4n) is 2.34. The molecule has 0 saturated carbocycles. The van der Waals surface area contributed by atoms with Gasteiger partial charge in [-0.3, -0.25) is 9.69 Å². The van der Waals surface area contributed by atoms with Gasteiger partial charge in [-0.05, 0) is 16.0 Å². The molecule has 2 aliphatic rings. The van der Waals surface area contributed by atoms with Crippen molar-refractivity contribution in [2.75, 3.05) is 18.6 Å². The van der Waals surface area contributed by atoms with Gasteiger partial charge in [-0.1, -0.05) is 11.8 Å². The highest BCUT2D eigenvalue weighted by molar-refractivity contribution is 8.01. The van der Waals surface area contributed by atoms with Crippen LogP contribution in [0.1, 0.15) is 0 Å². The van der Waals surface area contributed by atoms with E-state index < -0.39 is 12.1 Å². The SMILES string of the molecule is CO[C@@H]1C(=O)N2C(C(=O)O)=C(CSc3nnnn3C)CS[C@@H]12. The zero-order valence-electron chi connectivity index (χ0n) is 11.8. The maximum Gasteiger partial charge on any atom is 0.352 e. The average molecular weight is 343 g/mol. The predicted octanol–water partition coefficient (Wildman–Crippen LogP) is -0.429. The van der Waals surface area contributed by atoms with Crippen LogP contribution in [-0.2, 0) is 21.4 Å². The summed E-state index contributed by atoms with van der Waals surface area (Å²) in [5.74, 6) is -0.453. The molecule has 1 aromatic heterocycles. The number of nitrogens with zero attached hydrogens (tertiary/aromatic N) is 5. The summed E-state index contributed by atoms with van der Waals surface area (Å²) in [5.41, 5.74) is 0.745. The van der Waals surface area contributed by atoms with E-state index in [9.17, 15) is 14.7 Å². The molecule has 3 rings (SSSR count). The molecule has 118 valence electrons. The van der Waals surface area contributed by atoms with Gasteiger partial charge in [0.1, 0.15) is 11.1 Å². The van der Waals surface area contributed by atoms with Gasteiger partial charge in [-0.2, -0.15) is 0 Å². The van der Waals surface area contributed by atoms with Gasteiger partial charge in [0.2, 0.25) is 5.16 Å². The fourth-order valence-corrected chi connectivity index (χ4v) is 4.70. The van der Waals surface area contributed by atoms with Gasteiger partial charge < -0.3 is 9.84 Å². The topological polar surface area (TPSA) is 110 Å². The lowest BCUT2D eigenvalue weighted by Gasteiger charge is -2.48. The number of thioether (sulfide) groups is 2. The van der Waals surface area contributed by atoms with E-state index in [1.54, 1.807) is 7.05 Å². The van der Waals surface area contributed by atoms with Crippen molar-refractivity contribution in [2.24, 2.45) is 7.05 Å². The number of fused-ring (bicyclic) bond motifs is 1. The van der Waals surface area contributed by atoms with E-state index in [4.69, 9.17) is 4.74 Å². The Hall–Kier alpha value is -1.59. The van der Waals surface area contributed by atoms with Gasteiger partial charge in [0.05, 0.1) is 0 Å². The van der Waals surface area contributed by atoms with Crippen LogP contribution in [0.3, 0.4) is 0 Å². The van der Waals surface area contributed by atoms with Crippen molar-refractivity contribution in [2.45, 2.75) is 16.6 Å². The molecule has 1 amide bonds. The average Bonchev–Trinajstić information content (AvgIpc) is 2.90. The number of carbonyl (C=O) groups excluding carboxylic acids is 1. The summed E-state index contributed by atoms with van der Waals surface area (Å²) in [6, 6.07) is 0. The van der Waals surface area contributed by atoms with Crippen LogP contribution in [0.5, 0.6) is 0 Å². The summed E-state index contributed by atoms with van der Waals surface area (Å²) in [5, 5.41) is 20.9. The third kappa shape index (κ3) is 2.38. The van der Waals surface area contributed by atoms with Crippen LogP contribution < -0.4 is 0 Å². The number of aryl methyl sites for hydroxylation is 1. The van der Waals surface area contributed by atoms with Crippen LogP contribution in [0.2, 0.25) is 0 Å². The van der Waals surface area contributed by atoms with Crippen molar-refractivity contribution in [1.82, 2.24) is 25.1 Å². The van der Waals surface area contributed by atoms with E-state index in [1.807, 2.05) is 0 Å². The van der Waals surface area contributed by atoms with Crippen LogP contribution in [-0.4, -0.2) is 72.2 Å². The molecule has 0 radical (unpaired) electrons. The van der Waals surface area contributed by atoms with Crippen LogP contribution in [0, 0.1) is 0 Å². The first-order valence-corrected chi connectivity index (χ1v) is 8.36. The number of tetrazole rings is 1. The lowest BCUT2D eigenvalue weighted by Crippen LogP contribution is -2.65. The standard InChI is InChI=1S/C11H13N5O4S2/c1-15-11(12-13-14-15)22-4-5-3-21-9-7(20-2)8(17)16(9)6(5)10(18)19/h7,9H,3-4H2,1-2H3,(H,18,19)/t7-,9+/m1/s1. The molecule has 1 N–H and O–H groups in total. The van der Waals surface area contributed by atoms with Crippen molar-refractivity contribution in [3.05, 3.63) is 11.3 Å². The zero-order chi connectivity index (χ0) is 15.9. The molecule has 0 unspecified atom stereocenters. The van der Waals surface area contributed by atoms with Crippen molar-refractivity contribution >= 4 is 35.4 Å². The number of aliphatic carboxylic acids is 1. The molecule has 1 saturated heterocycles. The molecule has 2 aliphatic heterocycles. The molecule has 0 spiro atoms. The molecular formula is C11H13N5O4S2. The Morgan fingerprint density at radius 1 is 1.59 bits per heavy atom. The van der Waals surface area contributed by atoms with Gasteiger partial charge in [-0.25, -0.2) is 9.48 Å². The quantitative estimate of drug-likeness (QED) is 0.562. The van der Waals surface area contributed by atoms with E-state index >= 15 is 0 Å². The minimum atomic E-state index is -1.10. The number of rotatable bonds is 5. The molecule has 0 bridgehead atoms. The first-order chi connectivity index (χ1) is 10.5. The van der Waals surface area contributed by atoms with E-state index in [0.29, 0.717) is 22.2 Å². The molecular weight excluding hydrogens is 330 g/mol. The van der Waals surface area contributed by atoms with Crippen molar-refractivity contribution in [1.29, 1.82) is 0 Å². The lowest BCUT2D eigenvalue weighted by atomic mass is 10.1. The number of ether oxygens (including phenoxy) is 1. The molecule has 2 atom stereocenters. The maximum absolute atomic E-state index is 12.0. The second-order valence-corrected chi connectivity index (χ2v) is 6.74. The minimum Gasteiger partial charge on any atom is -0.477 e. The molecule has 1 fully saturated rings. The maximum atomic E-state index is 12.0. The zero-order valence-corrected chi connectivity index (χ0v) is 13.4. The second-order valence-electron chi connectivity index (χ2n) is 4.70. The summed E-state index contributed by atoms with van der Waals surface area (Å²) in [6.45, 7) is 0. The Morgan fingerprint density at radius 3 is 2.95 bits per heavy atom. The van der Waals surface area contributed by atoms with Crippen molar-refractivity contribution in [3.8, 4) is 0 Å². The van der Waals surface area contributed by atoms with Crippen molar-refractivity contribution in [3.63, 3.8) is 0 Å². The third-order valence-electron chi connectivity index (χ3n) is 3.41. The fraction of sp³-hybridized carbons (Fsp3) is 0.545. The summed E-state index contributed by atoms with van der Waals surface area (Å²) in [4.78, 5) is 24.9. The first-order valence-electron chi connectivity index (χ1n) is 6.32. The molecule has 22 heavy (non-hydrogen) atoms. The van der Waals surface area contributed by atoms with Crippen LogP contribution >= 0.6 is 23.5 Å². The highest BCUT2D eigenvalue weighted by atomic mass is 32.2. The normalized spacial score (nSPS) is 24.3. The number of amides is 1. The third-order valence-corrected chi connectivity index (χ3v) is 5.82. The van der Waals surface area contributed by atoms with E-state index in [0.717, 1.165) is 0 Å². The predicted molar refractivity (Wildman–Crippen MR) is 78.1 cm³/mol. The number of carbonyl (C=O) groups is 2. The smallest absolute Gasteiger partial charge is 0.352 e. The highest BCUT2D eigenvalue weighted by Crippen LogP contribution is 2.42. The number of aromatic nitrogens is 4. The highest BCUT2D eigenvalue weighted by Gasteiger charge is 2.53. The largest absolute Gasteiger partial charge is 0.477 e.